The number of piperidine rings is 1. The molecule has 0 radical (unpaired) electrons. The Morgan fingerprint density at radius 3 is 2.57 bits per heavy atom. The lowest BCUT2D eigenvalue weighted by atomic mass is 9.96. The third-order valence-corrected chi connectivity index (χ3v) is 4.24. The van der Waals surface area contributed by atoms with Crippen LogP contribution in [0.15, 0.2) is 24.3 Å². The van der Waals surface area contributed by atoms with Crippen molar-refractivity contribution < 1.29 is 19.5 Å². The third-order valence-electron chi connectivity index (χ3n) is 4.24. The molecular weight excluding hydrogens is 296 g/mol. The van der Waals surface area contributed by atoms with Crippen LogP contribution in [-0.4, -0.2) is 47.9 Å². The van der Waals surface area contributed by atoms with E-state index in [1.807, 2.05) is 12.1 Å². The molecule has 1 aliphatic rings. The first-order valence-corrected chi connectivity index (χ1v) is 7.83. The Kier molecular flexibility index (Phi) is 5.73. The highest BCUT2D eigenvalue weighted by Gasteiger charge is 2.26. The van der Waals surface area contributed by atoms with Crippen LogP contribution >= 0.6 is 0 Å². The molecule has 0 atom stereocenters. The van der Waals surface area contributed by atoms with Gasteiger partial charge in [0.05, 0.1) is 5.92 Å². The van der Waals surface area contributed by atoms with Crippen LogP contribution in [0.25, 0.3) is 0 Å². The van der Waals surface area contributed by atoms with E-state index in [0.717, 1.165) is 5.56 Å². The normalized spacial score (nSPS) is 15.3. The van der Waals surface area contributed by atoms with Crippen LogP contribution in [0.1, 0.15) is 35.2 Å². The minimum atomic E-state index is -0.775. The molecule has 1 aromatic rings. The van der Waals surface area contributed by atoms with E-state index in [4.69, 9.17) is 5.11 Å². The molecule has 1 heterocycles. The standard InChI is InChI=1S/C17H22N2O4/c1-18-16(21)14-4-2-3-12(11-14)5-6-15(20)19-9-7-13(8-10-19)17(22)23/h2-4,11,13H,5-10H2,1H3,(H,18,21)(H,22,23). The summed E-state index contributed by atoms with van der Waals surface area (Å²) in [6, 6.07) is 7.24. The van der Waals surface area contributed by atoms with E-state index in [9.17, 15) is 14.4 Å². The molecule has 23 heavy (non-hydrogen) atoms. The van der Waals surface area contributed by atoms with Crippen molar-refractivity contribution in [2.75, 3.05) is 20.1 Å². The predicted octanol–water partition coefficient (Wildman–Crippen LogP) is 1.30. The Morgan fingerprint density at radius 1 is 1.26 bits per heavy atom. The van der Waals surface area contributed by atoms with Crippen LogP contribution in [0.4, 0.5) is 0 Å². The zero-order valence-electron chi connectivity index (χ0n) is 13.2. The largest absolute Gasteiger partial charge is 0.481 e. The van der Waals surface area contributed by atoms with E-state index in [-0.39, 0.29) is 17.7 Å². The number of rotatable bonds is 5. The Hall–Kier alpha value is -2.37. The summed E-state index contributed by atoms with van der Waals surface area (Å²) in [5.74, 6) is -1.21. The number of carbonyl (C=O) groups is 3. The molecule has 0 bridgehead atoms. The van der Waals surface area contributed by atoms with Gasteiger partial charge in [0.15, 0.2) is 0 Å². The molecule has 0 aromatic heterocycles. The molecule has 0 spiro atoms. The zero-order chi connectivity index (χ0) is 16.8. The molecule has 0 unspecified atom stereocenters. The first-order valence-electron chi connectivity index (χ1n) is 7.83. The van der Waals surface area contributed by atoms with Gasteiger partial charge in [-0.15, -0.1) is 0 Å². The lowest BCUT2D eigenvalue weighted by Gasteiger charge is -2.30. The van der Waals surface area contributed by atoms with Crippen LogP contribution in [0.5, 0.6) is 0 Å². The Bertz CT molecular complexity index is 592. The Labute approximate surface area is 135 Å². The van der Waals surface area contributed by atoms with Gasteiger partial charge in [-0.2, -0.15) is 0 Å². The number of hydrogen-bond donors (Lipinski definition) is 2. The Morgan fingerprint density at radius 2 is 1.96 bits per heavy atom. The number of benzene rings is 1. The van der Waals surface area contributed by atoms with Gasteiger partial charge in [-0.25, -0.2) is 0 Å². The summed E-state index contributed by atoms with van der Waals surface area (Å²) in [6.07, 6.45) is 1.98. The molecule has 0 aliphatic carbocycles. The number of carboxylic acids is 1. The number of carbonyl (C=O) groups excluding carboxylic acids is 2. The lowest BCUT2D eigenvalue weighted by molar-refractivity contribution is -0.145. The van der Waals surface area contributed by atoms with Crippen LogP contribution in [0, 0.1) is 5.92 Å². The van der Waals surface area contributed by atoms with Gasteiger partial charge in [-0.1, -0.05) is 12.1 Å². The number of amides is 2. The van der Waals surface area contributed by atoms with E-state index >= 15 is 0 Å². The maximum atomic E-state index is 12.2. The highest BCUT2D eigenvalue weighted by atomic mass is 16.4. The molecule has 6 heteroatoms. The Balaban J connectivity index is 1.85. The molecule has 1 fully saturated rings. The fourth-order valence-corrected chi connectivity index (χ4v) is 2.80. The van der Waals surface area contributed by atoms with Gasteiger partial charge in [0.1, 0.15) is 0 Å². The van der Waals surface area contributed by atoms with E-state index in [1.165, 1.54) is 0 Å². The third kappa shape index (κ3) is 4.55. The molecule has 124 valence electrons. The van der Waals surface area contributed by atoms with Crippen molar-refractivity contribution in [3.63, 3.8) is 0 Å². The van der Waals surface area contributed by atoms with Crippen LogP contribution in [-0.2, 0) is 16.0 Å². The second kappa shape index (κ2) is 7.76. The highest BCUT2D eigenvalue weighted by Crippen LogP contribution is 2.18. The van der Waals surface area contributed by atoms with Crippen LogP contribution in [0.2, 0.25) is 0 Å². The molecule has 1 saturated heterocycles. The van der Waals surface area contributed by atoms with Gasteiger partial charge < -0.3 is 15.3 Å². The highest BCUT2D eigenvalue weighted by molar-refractivity contribution is 5.94. The minimum absolute atomic E-state index is 0.0409. The van der Waals surface area contributed by atoms with Crippen LogP contribution in [0.3, 0.4) is 0 Å². The average molecular weight is 318 g/mol. The van der Waals surface area contributed by atoms with Crippen LogP contribution < -0.4 is 5.32 Å². The fourth-order valence-electron chi connectivity index (χ4n) is 2.80. The van der Waals surface area contributed by atoms with Crippen molar-refractivity contribution in [1.29, 1.82) is 0 Å². The first-order chi connectivity index (χ1) is 11.0. The molecule has 1 aromatic carbocycles. The number of hydrogen-bond acceptors (Lipinski definition) is 3. The molecule has 2 amide bonds. The average Bonchev–Trinajstić information content (AvgIpc) is 2.59. The summed E-state index contributed by atoms with van der Waals surface area (Å²) in [5, 5.41) is 11.5. The number of carboxylic acid groups (broad SMARTS) is 1. The van der Waals surface area contributed by atoms with Crippen molar-refractivity contribution in [2.24, 2.45) is 5.92 Å². The van der Waals surface area contributed by atoms with Crippen molar-refractivity contribution >= 4 is 17.8 Å². The van der Waals surface area contributed by atoms with Crippen molar-refractivity contribution in [3.05, 3.63) is 35.4 Å². The van der Waals surface area contributed by atoms with E-state index in [2.05, 4.69) is 5.32 Å². The molecule has 2 rings (SSSR count). The van der Waals surface area contributed by atoms with E-state index < -0.39 is 5.97 Å². The van der Waals surface area contributed by atoms with Gasteiger partial charge in [-0.3, -0.25) is 14.4 Å². The summed E-state index contributed by atoms with van der Waals surface area (Å²) in [5.41, 5.74) is 1.53. The summed E-state index contributed by atoms with van der Waals surface area (Å²) < 4.78 is 0. The van der Waals surface area contributed by atoms with Gasteiger partial charge in [0.2, 0.25) is 5.91 Å². The predicted molar refractivity (Wildman–Crippen MR) is 85.1 cm³/mol. The summed E-state index contributed by atoms with van der Waals surface area (Å²) in [4.78, 5) is 36.5. The quantitative estimate of drug-likeness (QED) is 0.857. The summed E-state index contributed by atoms with van der Waals surface area (Å²) >= 11 is 0. The first kappa shape index (κ1) is 17.0. The SMILES string of the molecule is CNC(=O)c1cccc(CCC(=O)N2CCC(C(=O)O)CC2)c1. The maximum absolute atomic E-state index is 12.2. The number of likely N-dealkylation sites (tertiary alicyclic amines) is 1. The lowest BCUT2D eigenvalue weighted by Crippen LogP contribution is -2.40. The molecule has 6 nitrogen and oxygen atoms in total. The second-order valence-corrected chi connectivity index (χ2v) is 5.77. The minimum Gasteiger partial charge on any atom is -0.481 e. The number of nitrogens with zero attached hydrogens (tertiary/aromatic N) is 1. The monoisotopic (exact) mass is 318 g/mol. The molecule has 0 saturated carbocycles. The van der Waals surface area contributed by atoms with Gasteiger partial charge in [0.25, 0.3) is 5.91 Å². The van der Waals surface area contributed by atoms with E-state index in [1.54, 1.807) is 24.1 Å². The van der Waals surface area contributed by atoms with Crippen molar-refractivity contribution in [3.8, 4) is 0 Å². The fraction of sp³-hybridized carbons (Fsp3) is 0.471. The smallest absolute Gasteiger partial charge is 0.306 e. The molecule has 2 N–H and O–H groups in total. The number of nitrogens with one attached hydrogen (secondary N) is 1. The number of aryl methyl sites for hydroxylation is 1. The molecular formula is C17H22N2O4. The van der Waals surface area contributed by atoms with Gasteiger partial charge in [0, 0.05) is 32.1 Å². The van der Waals surface area contributed by atoms with Gasteiger partial charge >= 0.3 is 5.97 Å². The topological polar surface area (TPSA) is 86.7 Å². The summed E-state index contributed by atoms with van der Waals surface area (Å²) in [6.45, 7) is 1.02. The number of aliphatic carboxylic acids is 1. The summed E-state index contributed by atoms with van der Waals surface area (Å²) in [7, 11) is 1.58. The zero-order valence-corrected chi connectivity index (χ0v) is 13.2. The van der Waals surface area contributed by atoms with Crippen molar-refractivity contribution in [2.45, 2.75) is 25.7 Å². The second-order valence-electron chi connectivity index (χ2n) is 5.77. The van der Waals surface area contributed by atoms with Gasteiger partial charge in [-0.05, 0) is 37.0 Å². The van der Waals surface area contributed by atoms with Crippen molar-refractivity contribution in [1.82, 2.24) is 10.2 Å². The molecule has 1 aliphatic heterocycles. The maximum Gasteiger partial charge on any atom is 0.306 e. The van der Waals surface area contributed by atoms with E-state index in [0.29, 0.717) is 44.3 Å².